The quantitative estimate of drug-likeness (QED) is 0.634. The lowest BCUT2D eigenvalue weighted by Crippen LogP contribution is -1.92. The second kappa shape index (κ2) is 3.40. The molecule has 4 nitrogen and oxygen atoms in total. The molecule has 0 fully saturated rings. The number of aromatic amines is 1. The van der Waals surface area contributed by atoms with Crippen molar-refractivity contribution in [2.45, 2.75) is 0 Å². The molecular weight excluding hydrogens is 216 g/mol. The largest absolute Gasteiger partial charge is 0.417 e. The normalized spacial score (nSPS) is 10.4. The molecule has 3 aromatic rings. The molecule has 0 unspecified atom stereocenters. The minimum Gasteiger partial charge on any atom is -0.407 e. The lowest BCUT2D eigenvalue weighted by atomic mass is 10.2. The van der Waals surface area contributed by atoms with Gasteiger partial charge in [0.2, 0.25) is 0 Å². The number of nitrogens with zero attached hydrogens (tertiary/aromatic N) is 1. The van der Waals surface area contributed by atoms with Crippen molar-refractivity contribution in [2.75, 3.05) is 0 Å². The Morgan fingerprint density at radius 2 is 2.07 bits per heavy atom. The second-order valence-corrected chi connectivity index (χ2v) is 3.03. The highest BCUT2D eigenvalue weighted by Gasteiger charge is 2.05. The summed E-state index contributed by atoms with van der Waals surface area (Å²) in [4.78, 5) is 17.7. The smallest absolute Gasteiger partial charge is 0.407 e. The van der Waals surface area contributed by atoms with Crippen LogP contribution in [0.1, 0.15) is 0 Å². The molecule has 0 aliphatic carbocycles. The fourth-order valence-corrected chi connectivity index (χ4v) is 1.54. The van der Waals surface area contributed by atoms with Crippen molar-refractivity contribution >= 4 is 34.4 Å². The molecule has 0 saturated carbocycles. The van der Waals surface area contributed by atoms with Crippen molar-refractivity contribution in [3.05, 3.63) is 41.0 Å². The molecule has 0 saturated heterocycles. The molecule has 0 radical (unpaired) electrons. The van der Waals surface area contributed by atoms with E-state index in [1.54, 1.807) is 6.20 Å². The van der Waals surface area contributed by atoms with Gasteiger partial charge in [0.05, 0.1) is 11.7 Å². The minimum absolute atomic E-state index is 0. The second-order valence-electron chi connectivity index (χ2n) is 3.03. The zero-order valence-electron chi connectivity index (χ0n) is 7.56. The number of nitrogens with one attached hydrogen (secondary N) is 1. The molecule has 76 valence electrons. The first-order valence-corrected chi connectivity index (χ1v) is 4.21. The van der Waals surface area contributed by atoms with E-state index in [0.717, 1.165) is 10.9 Å². The Labute approximate surface area is 90.3 Å². The molecule has 3 rings (SSSR count). The van der Waals surface area contributed by atoms with Crippen LogP contribution in [0.5, 0.6) is 0 Å². The molecule has 2 aromatic heterocycles. The number of fused-ring (bicyclic) bond motifs is 3. The highest BCUT2D eigenvalue weighted by atomic mass is 35.5. The van der Waals surface area contributed by atoms with Gasteiger partial charge in [-0.2, -0.15) is 0 Å². The molecule has 0 bridgehead atoms. The van der Waals surface area contributed by atoms with Crippen LogP contribution >= 0.6 is 12.4 Å². The number of halogens is 1. The number of rotatable bonds is 0. The Bertz CT molecular complexity index is 672. The summed E-state index contributed by atoms with van der Waals surface area (Å²) in [5.41, 5.74) is 2.03. The van der Waals surface area contributed by atoms with Crippen LogP contribution in [0.3, 0.4) is 0 Å². The van der Waals surface area contributed by atoms with Gasteiger partial charge in [-0.15, -0.1) is 12.4 Å². The maximum absolute atomic E-state index is 11.0. The summed E-state index contributed by atoms with van der Waals surface area (Å²) in [6, 6.07) is 7.53. The number of hydrogen-bond acceptors (Lipinski definition) is 3. The van der Waals surface area contributed by atoms with Gasteiger partial charge in [0.15, 0.2) is 5.58 Å². The SMILES string of the molecule is Cl.O=c1[nH]c2cnc3ccccc3c2o1. The van der Waals surface area contributed by atoms with Gasteiger partial charge in [-0.3, -0.25) is 9.97 Å². The fraction of sp³-hybridized carbons (Fsp3) is 0. The van der Waals surface area contributed by atoms with Crippen LogP contribution in [0, 0.1) is 0 Å². The van der Waals surface area contributed by atoms with E-state index in [1.165, 1.54) is 0 Å². The Balaban J connectivity index is 0.000000853. The predicted molar refractivity (Wildman–Crippen MR) is 59.4 cm³/mol. The van der Waals surface area contributed by atoms with E-state index < -0.39 is 5.76 Å². The monoisotopic (exact) mass is 222 g/mol. The van der Waals surface area contributed by atoms with Crippen LogP contribution in [-0.2, 0) is 0 Å². The Morgan fingerprint density at radius 1 is 1.27 bits per heavy atom. The number of pyridine rings is 1. The van der Waals surface area contributed by atoms with Gasteiger partial charge in [-0.05, 0) is 12.1 Å². The summed E-state index contributed by atoms with van der Waals surface area (Å²) in [7, 11) is 0. The van der Waals surface area contributed by atoms with Gasteiger partial charge in [0.25, 0.3) is 0 Å². The maximum atomic E-state index is 11.0. The van der Waals surface area contributed by atoms with Crippen LogP contribution in [-0.4, -0.2) is 9.97 Å². The molecule has 0 aliphatic rings. The summed E-state index contributed by atoms with van der Waals surface area (Å²) < 4.78 is 5.03. The van der Waals surface area contributed by atoms with Gasteiger partial charge in [0.1, 0.15) is 5.52 Å². The van der Waals surface area contributed by atoms with Crippen LogP contribution < -0.4 is 5.76 Å². The van der Waals surface area contributed by atoms with E-state index in [0.29, 0.717) is 11.1 Å². The van der Waals surface area contributed by atoms with Crippen LogP contribution in [0.15, 0.2) is 39.7 Å². The van der Waals surface area contributed by atoms with Crippen molar-refractivity contribution in [3.63, 3.8) is 0 Å². The number of benzene rings is 1. The lowest BCUT2D eigenvalue weighted by molar-refractivity contribution is 0.558. The first-order valence-electron chi connectivity index (χ1n) is 4.21. The van der Waals surface area contributed by atoms with E-state index in [9.17, 15) is 4.79 Å². The van der Waals surface area contributed by atoms with E-state index >= 15 is 0 Å². The van der Waals surface area contributed by atoms with Crippen LogP contribution in [0.25, 0.3) is 22.0 Å². The zero-order valence-corrected chi connectivity index (χ0v) is 8.38. The van der Waals surface area contributed by atoms with Crippen molar-refractivity contribution in [3.8, 4) is 0 Å². The van der Waals surface area contributed by atoms with Crippen molar-refractivity contribution < 1.29 is 4.42 Å². The Morgan fingerprint density at radius 3 is 2.93 bits per heavy atom. The van der Waals surface area contributed by atoms with Crippen LogP contribution in [0.4, 0.5) is 0 Å². The number of para-hydroxylation sites is 1. The summed E-state index contributed by atoms with van der Waals surface area (Å²) in [6.07, 6.45) is 1.60. The maximum Gasteiger partial charge on any atom is 0.417 e. The highest BCUT2D eigenvalue weighted by Crippen LogP contribution is 2.20. The Kier molecular flexibility index (Phi) is 2.21. The Hall–Kier alpha value is -1.81. The average molecular weight is 223 g/mol. The highest BCUT2D eigenvalue weighted by molar-refractivity contribution is 5.99. The third-order valence-corrected chi connectivity index (χ3v) is 2.16. The van der Waals surface area contributed by atoms with Gasteiger partial charge in [-0.25, -0.2) is 4.79 Å². The van der Waals surface area contributed by atoms with Gasteiger partial charge in [0, 0.05) is 5.39 Å². The number of H-pyrrole nitrogens is 1. The molecule has 2 heterocycles. The third-order valence-electron chi connectivity index (χ3n) is 2.16. The van der Waals surface area contributed by atoms with Gasteiger partial charge >= 0.3 is 5.76 Å². The summed E-state index contributed by atoms with van der Waals surface area (Å²) in [5, 5.41) is 0.850. The van der Waals surface area contributed by atoms with Crippen molar-refractivity contribution in [1.29, 1.82) is 0 Å². The van der Waals surface area contributed by atoms with E-state index in [4.69, 9.17) is 4.42 Å². The number of hydrogen-bond donors (Lipinski definition) is 1. The van der Waals surface area contributed by atoms with Gasteiger partial charge < -0.3 is 4.42 Å². The molecule has 0 amide bonds. The number of aromatic nitrogens is 2. The molecule has 0 atom stereocenters. The molecule has 0 aliphatic heterocycles. The molecule has 1 aromatic carbocycles. The summed E-state index contributed by atoms with van der Waals surface area (Å²) >= 11 is 0. The van der Waals surface area contributed by atoms with E-state index in [2.05, 4.69) is 9.97 Å². The third kappa shape index (κ3) is 1.39. The first kappa shape index (κ1) is 9.73. The average Bonchev–Trinajstić information content (AvgIpc) is 2.59. The molecule has 15 heavy (non-hydrogen) atoms. The summed E-state index contributed by atoms with van der Waals surface area (Å²) in [6.45, 7) is 0. The first-order chi connectivity index (χ1) is 6.84. The molecule has 0 spiro atoms. The van der Waals surface area contributed by atoms with E-state index in [-0.39, 0.29) is 12.4 Å². The molecule has 1 N–H and O–H groups in total. The van der Waals surface area contributed by atoms with Crippen LogP contribution in [0.2, 0.25) is 0 Å². The minimum atomic E-state index is -0.446. The van der Waals surface area contributed by atoms with Gasteiger partial charge in [-0.1, -0.05) is 12.1 Å². The standard InChI is InChI=1S/C10H6N2O2.ClH/c13-10-12-8-5-11-7-4-2-1-3-6(7)9(8)14-10;/h1-5H,(H,12,13);1H. The molecular formula is C10H7ClN2O2. The number of oxazole rings is 1. The zero-order chi connectivity index (χ0) is 9.54. The predicted octanol–water partition coefficient (Wildman–Crippen LogP) is 2.09. The lowest BCUT2D eigenvalue weighted by Gasteiger charge is -1.94. The van der Waals surface area contributed by atoms with Crippen molar-refractivity contribution in [2.24, 2.45) is 0 Å². The van der Waals surface area contributed by atoms with E-state index in [1.807, 2.05) is 24.3 Å². The topological polar surface area (TPSA) is 58.9 Å². The molecule has 5 heteroatoms. The van der Waals surface area contributed by atoms with Crippen molar-refractivity contribution in [1.82, 2.24) is 9.97 Å². The fourth-order valence-electron chi connectivity index (χ4n) is 1.54. The summed E-state index contributed by atoms with van der Waals surface area (Å²) in [5.74, 6) is -0.446.